The fourth-order valence-corrected chi connectivity index (χ4v) is 2.07. The predicted octanol–water partition coefficient (Wildman–Crippen LogP) is 2.16. The molecule has 1 atom stereocenters. The van der Waals surface area contributed by atoms with Crippen molar-refractivity contribution in [3.63, 3.8) is 0 Å². The van der Waals surface area contributed by atoms with Crippen molar-refractivity contribution < 1.29 is 5.11 Å². The van der Waals surface area contributed by atoms with Crippen molar-refractivity contribution in [2.45, 2.75) is 31.3 Å². The number of aromatic nitrogens is 1. The Bertz CT molecular complexity index is 326. The summed E-state index contributed by atoms with van der Waals surface area (Å²) >= 11 is 1.57. The highest BCUT2D eigenvalue weighted by atomic mass is 32.2. The molecule has 1 aromatic rings. The van der Waals surface area contributed by atoms with E-state index in [0.29, 0.717) is 11.4 Å². The molecule has 0 aromatic carbocycles. The van der Waals surface area contributed by atoms with E-state index < -0.39 is 5.60 Å². The van der Waals surface area contributed by atoms with Crippen LogP contribution in [0.4, 0.5) is 5.69 Å². The molecule has 0 aliphatic rings. The van der Waals surface area contributed by atoms with Crippen LogP contribution in [0.5, 0.6) is 0 Å². The molecule has 0 radical (unpaired) electrons. The van der Waals surface area contributed by atoms with Gasteiger partial charge in [0, 0.05) is 16.8 Å². The zero-order valence-corrected chi connectivity index (χ0v) is 10.2. The summed E-state index contributed by atoms with van der Waals surface area (Å²) in [5.74, 6) is 0.867. The van der Waals surface area contributed by atoms with Gasteiger partial charge in [-0.05, 0) is 18.9 Å². The van der Waals surface area contributed by atoms with Crippen LogP contribution in [-0.4, -0.2) is 21.4 Å². The lowest BCUT2D eigenvalue weighted by Crippen LogP contribution is -2.33. The summed E-state index contributed by atoms with van der Waals surface area (Å²) in [4.78, 5) is 4.90. The van der Waals surface area contributed by atoms with Gasteiger partial charge in [-0.3, -0.25) is 4.98 Å². The molecule has 1 rings (SSSR count). The largest absolute Gasteiger partial charge is 0.397 e. The van der Waals surface area contributed by atoms with Crippen LogP contribution < -0.4 is 5.73 Å². The van der Waals surface area contributed by atoms with E-state index in [1.54, 1.807) is 24.2 Å². The van der Waals surface area contributed by atoms with Crippen LogP contribution in [0.2, 0.25) is 0 Å². The number of pyridine rings is 1. The van der Waals surface area contributed by atoms with Gasteiger partial charge in [0.1, 0.15) is 0 Å². The molecular formula is C11H18N2OS. The van der Waals surface area contributed by atoms with Gasteiger partial charge in [-0.1, -0.05) is 13.8 Å². The Morgan fingerprint density at radius 3 is 2.80 bits per heavy atom. The summed E-state index contributed by atoms with van der Waals surface area (Å²) in [7, 11) is 0. The van der Waals surface area contributed by atoms with Crippen LogP contribution in [-0.2, 0) is 0 Å². The Kier molecular flexibility index (Phi) is 3.99. The van der Waals surface area contributed by atoms with Crippen molar-refractivity contribution in [3.8, 4) is 0 Å². The highest BCUT2D eigenvalue weighted by Crippen LogP contribution is 2.29. The van der Waals surface area contributed by atoms with Crippen molar-refractivity contribution in [1.82, 2.24) is 4.98 Å². The first-order valence-electron chi connectivity index (χ1n) is 4.98. The number of thioether (sulfide) groups is 1. The highest BCUT2D eigenvalue weighted by molar-refractivity contribution is 7.99. The molecule has 15 heavy (non-hydrogen) atoms. The van der Waals surface area contributed by atoms with Crippen LogP contribution in [0.25, 0.3) is 0 Å². The summed E-state index contributed by atoms with van der Waals surface area (Å²) in [6, 6.07) is 1.87. The lowest BCUT2D eigenvalue weighted by Gasteiger charge is -2.27. The second kappa shape index (κ2) is 4.86. The molecule has 0 amide bonds. The van der Waals surface area contributed by atoms with Crippen LogP contribution in [0.1, 0.15) is 20.8 Å². The van der Waals surface area contributed by atoms with Crippen molar-refractivity contribution in [3.05, 3.63) is 18.5 Å². The third-order valence-corrected chi connectivity index (χ3v) is 3.99. The van der Waals surface area contributed by atoms with Crippen LogP contribution >= 0.6 is 11.8 Å². The van der Waals surface area contributed by atoms with Crippen molar-refractivity contribution >= 4 is 17.4 Å². The van der Waals surface area contributed by atoms with Gasteiger partial charge >= 0.3 is 0 Å². The third-order valence-electron chi connectivity index (χ3n) is 2.57. The van der Waals surface area contributed by atoms with E-state index >= 15 is 0 Å². The molecule has 1 unspecified atom stereocenters. The minimum atomic E-state index is -0.666. The maximum absolute atomic E-state index is 10.1. The number of rotatable bonds is 4. The first-order valence-corrected chi connectivity index (χ1v) is 5.96. The van der Waals surface area contributed by atoms with E-state index in [1.165, 1.54) is 0 Å². The summed E-state index contributed by atoms with van der Waals surface area (Å²) in [5, 5.41) is 10.1. The molecule has 3 nitrogen and oxygen atoms in total. The van der Waals surface area contributed by atoms with E-state index in [-0.39, 0.29) is 5.92 Å². The Balaban J connectivity index is 2.62. The molecule has 0 bridgehead atoms. The maximum atomic E-state index is 10.1. The molecule has 0 aliphatic heterocycles. The Hall–Kier alpha value is -0.740. The Morgan fingerprint density at radius 1 is 1.60 bits per heavy atom. The summed E-state index contributed by atoms with van der Waals surface area (Å²) in [6.07, 6.45) is 3.34. The number of hydrogen-bond donors (Lipinski definition) is 2. The third kappa shape index (κ3) is 3.39. The standard InChI is InChI=1S/C11H18N2OS/c1-8(2)11(3,14)7-15-10-4-5-13-6-9(10)12/h4-6,8,14H,7,12H2,1-3H3. The number of nitrogens with zero attached hydrogens (tertiary/aromatic N) is 1. The van der Waals surface area contributed by atoms with E-state index in [2.05, 4.69) is 4.98 Å². The van der Waals surface area contributed by atoms with Gasteiger partial charge in [0.15, 0.2) is 0 Å². The van der Waals surface area contributed by atoms with E-state index in [1.807, 2.05) is 26.8 Å². The molecule has 0 fully saturated rings. The average Bonchev–Trinajstić information content (AvgIpc) is 2.16. The second-order valence-corrected chi connectivity index (χ2v) is 5.23. The maximum Gasteiger partial charge on any atom is 0.0736 e. The predicted molar refractivity (Wildman–Crippen MR) is 64.8 cm³/mol. The molecule has 4 heteroatoms. The lowest BCUT2D eigenvalue weighted by molar-refractivity contribution is 0.0376. The second-order valence-electron chi connectivity index (χ2n) is 4.21. The highest BCUT2D eigenvalue weighted by Gasteiger charge is 2.25. The molecule has 0 saturated heterocycles. The molecule has 3 N–H and O–H groups in total. The number of nitrogen functional groups attached to an aromatic ring is 1. The molecule has 0 aliphatic carbocycles. The molecule has 1 aromatic heterocycles. The minimum Gasteiger partial charge on any atom is -0.397 e. The molecular weight excluding hydrogens is 208 g/mol. The summed E-state index contributed by atoms with van der Waals surface area (Å²) in [5.41, 5.74) is 5.76. The number of nitrogens with two attached hydrogens (primary N) is 1. The SMILES string of the molecule is CC(C)C(C)(O)CSc1ccncc1N. The number of hydrogen-bond acceptors (Lipinski definition) is 4. The zero-order valence-electron chi connectivity index (χ0n) is 9.40. The van der Waals surface area contributed by atoms with Crippen molar-refractivity contribution in [2.75, 3.05) is 11.5 Å². The summed E-state index contributed by atoms with van der Waals surface area (Å²) < 4.78 is 0. The number of anilines is 1. The average molecular weight is 226 g/mol. The fourth-order valence-electron chi connectivity index (χ4n) is 0.916. The van der Waals surface area contributed by atoms with Crippen LogP contribution in [0.15, 0.2) is 23.4 Å². The van der Waals surface area contributed by atoms with Crippen LogP contribution in [0, 0.1) is 5.92 Å². The van der Waals surface area contributed by atoms with Gasteiger partial charge in [0.25, 0.3) is 0 Å². The van der Waals surface area contributed by atoms with Gasteiger partial charge in [0.05, 0.1) is 17.5 Å². The van der Waals surface area contributed by atoms with Gasteiger partial charge in [-0.25, -0.2) is 0 Å². The minimum absolute atomic E-state index is 0.230. The summed E-state index contributed by atoms with van der Waals surface area (Å²) in [6.45, 7) is 5.87. The smallest absolute Gasteiger partial charge is 0.0736 e. The molecule has 0 spiro atoms. The molecule has 1 heterocycles. The molecule has 0 saturated carbocycles. The lowest BCUT2D eigenvalue weighted by atomic mass is 9.95. The van der Waals surface area contributed by atoms with Crippen LogP contribution in [0.3, 0.4) is 0 Å². The zero-order chi connectivity index (χ0) is 11.5. The van der Waals surface area contributed by atoms with E-state index in [4.69, 9.17) is 5.73 Å². The first kappa shape index (κ1) is 12.3. The van der Waals surface area contributed by atoms with Crippen molar-refractivity contribution in [2.24, 2.45) is 5.92 Å². The first-order chi connectivity index (χ1) is 6.93. The fraction of sp³-hybridized carbons (Fsp3) is 0.545. The monoisotopic (exact) mass is 226 g/mol. The Labute approximate surface area is 95.1 Å². The Morgan fingerprint density at radius 2 is 2.27 bits per heavy atom. The van der Waals surface area contributed by atoms with E-state index in [9.17, 15) is 5.11 Å². The van der Waals surface area contributed by atoms with E-state index in [0.717, 1.165) is 4.90 Å². The molecule has 84 valence electrons. The van der Waals surface area contributed by atoms with Gasteiger partial charge in [0.2, 0.25) is 0 Å². The van der Waals surface area contributed by atoms with Crippen molar-refractivity contribution in [1.29, 1.82) is 0 Å². The normalized spacial score (nSPS) is 15.3. The van der Waals surface area contributed by atoms with Gasteiger partial charge in [-0.2, -0.15) is 0 Å². The van der Waals surface area contributed by atoms with Gasteiger partial charge in [-0.15, -0.1) is 11.8 Å². The van der Waals surface area contributed by atoms with Gasteiger partial charge < -0.3 is 10.8 Å². The quantitative estimate of drug-likeness (QED) is 0.772. The number of aliphatic hydroxyl groups is 1. The topological polar surface area (TPSA) is 59.1 Å².